The van der Waals surface area contributed by atoms with Gasteiger partial charge in [0, 0.05) is 42.1 Å². The van der Waals surface area contributed by atoms with E-state index in [1.54, 1.807) is 6.92 Å². The van der Waals surface area contributed by atoms with E-state index in [4.69, 9.17) is 0 Å². The van der Waals surface area contributed by atoms with Crippen LogP contribution in [0.15, 0.2) is 22.7 Å². The third kappa shape index (κ3) is 6.29. The van der Waals surface area contributed by atoms with E-state index >= 15 is 0 Å². The first kappa shape index (κ1) is 21.8. The first-order valence-corrected chi connectivity index (χ1v) is 11.4. The summed E-state index contributed by atoms with van der Waals surface area (Å²) in [7, 11) is -3.19. The Hall–Kier alpha value is -1.45. The molecule has 0 unspecified atom stereocenters. The summed E-state index contributed by atoms with van der Waals surface area (Å²) in [5.41, 5.74) is 1.70. The van der Waals surface area contributed by atoms with Crippen molar-refractivity contribution in [2.45, 2.75) is 33.1 Å². The van der Waals surface area contributed by atoms with E-state index in [1.165, 1.54) is 4.31 Å². The molecule has 1 saturated heterocycles. The lowest BCUT2D eigenvalue weighted by atomic mass is 9.97. The Morgan fingerprint density at radius 1 is 1.26 bits per heavy atom. The Labute approximate surface area is 169 Å². The van der Waals surface area contributed by atoms with Crippen LogP contribution < -0.4 is 10.6 Å². The molecule has 27 heavy (non-hydrogen) atoms. The average Bonchev–Trinajstić information content (AvgIpc) is 2.64. The van der Waals surface area contributed by atoms with Gasteiger partial charge in [-0.2, -0.15) is 0 Å². The lowest BCUT2D eigenvalue weighted by Crippen LogP contribution is -2.43. The van der Waals surface area contributed by atoms with Gasteiger partial charge in [-0.25, -0.2) is 12.7 Å². The lowest BCUT2D eigenvalue weighted by molar-refractivity contribution is -0.126. The number of carbonyl (C=O) groups is 2. The molecule has 2 amide bonds. The monoisotopic (exact) mass is 459 g/mol. The van der Waals surface area contributed by atoms with Crippen molar-refractivity contribution in [1.29, 1.82) is 0 Å². The molecule has 7 nitrogen and oxygen atoms in total. The number of hydrogen-bond donors (Lipinski definition) is 2. The van der Waals surface area contributed by atoms with Crippen LogP contribution in [0.4, 0.5) is 5.69 Å². The fourth-order valence-electron chi connectivity index (χ4n) is 2.96. The minimum atomic E-state index is -3.19. The van der Waals surface area contributed by atoms with Gasteiger partial charge in [-0.15, -0.1) is 0 Å². The predicted octanol–water partition coefficient (Wildman–Crippen LogP) is 2.26. The average molecular weight is 460 g/mol. The van der Waals surface area contributed by atoms with Crippen molar-refractivity contribution >= 4 is 43.5 Å². The SMILES string of the molecule is CCS(=O)(=O)N1CCC(C(=O)NCCC(=O)Nc2cc(Br)ccc2C)CC1. The van der Waals surface area contributed by atoms with Crippen LogP contribution in [0.3, 0.4) is 0 Å². The Morgan fingerprint density at radius 3 is 2.56 bits per heavy atom. The number of hydrogen-bond acceptors (Lipinski definition) is 4. The highest BCUT2D eigenvalue weighted by Gasteiger charge is 2.29. The van der Waals surface area contributed by atoms with Crippen molar-refractivity contribution in [2.75, 3.05) is 30.7 Å². The third-order valence-electron chi connectivity index (χ3n) is 4.71. The van der Waals surface area contributed by atoms with Gasteiger partial charge in [0.2, 0.25) is 21.8 Å². The molecule has 0 saturated carbocycles. The van der Waals surface area contributed by atoms with E-state index in [0.29, 0.717) is 25.9 Å². The maximum atomic E-state index is 12.2. The smallest absolute Gasteiger partial charge is 0.226 e. The van der Waals surface area contributed by atoms with Gasteiger partial charge in [0.25, 0.3) is 0 Å². The summed E-state index contributed by atoms with van der Waals surface area (Å²) in [4.78, 5) is 24.3. The number of amides is 2. The third-order valence-corrected chi connectivity index (χ3v) is 7.08. The van der Waals surface area contributed by atoms with Crippen molar-refractivity contribution in [3.05, 3.63) is 28.2 Å². The Bertz CT molecular complexity index is 790. The number of rotatable bonds is 7. The molecule has 0 aromatic heterocycles. The molecule has 0 radical (unpaired) electrons. The molecule has 1 aromatic rings. The van der Waals surface area contributed by atoms with Crippen LogP contribution in [-0.4, -0.2) is 49.9 Å². The lowest BCUT2D eigenvalue weighted by Gasteiger charge is -2.30. The van der Waals surface area contributed by atoms with E-state index in [-0.39, 0.29) is 36.5 Å². The molecular weight excluding hydrogens is 434 g/mol. The Kier molecular flexibility index (Phi) is 7.81. The zero-order chi connectivity index (χ0) is 20.0. The second-order valence-corrected chi connectivity index (χ2v) is 9.80. The fourth-order valence-corrected chi connectivity index (χ4v) is 4.46. The fraction of sp³-hybridized carbons (Fsp3) is 0.556. The zero-order valence-electron chi connectivity index (χ0n) is 15.6. The minimum absolute atomic E-state index is 0.0798. The number of aryl methyl sites for hydroxylation is 1. The molecule has 2 N–H and O–H groups in total. The summed E-state index contributed by atoms with van der Waals surface area (Å²) in [6.07, 6.45) is 1.20. The number of halogens is 1. The summed E-state index contributed by atoms with van der Waals surface area (Å²) < 4.78 is 26.0. The molecule has 2 rings (SSSR count). The van der Waals surface area contributed by atoms with Gasteiger partial charge in [0.15, 0.2) is 0 Å². The first-order chi connectivity index (χ1) is 12.7. The normalized spacial score (nSPS) is 16.1. The second kappa shape index (κ2) is 9.66. The van der Waals surface area contributed by atoms with Crippen molar-refractivity contribution in [3.63, 3.8) is 0 Å². The number of piperidine rings is 1. The molecule has 1 fully saturated rings. The van der Waals surface area contributed by atoms with Gasteiger partial charge >= 0.3 is 0 Å². The number of nitrogens with zero attached hydrogens (tertiary/aromatic N) is 1. The number of sulfonamides is 1. The number of benzene rings is 1. The maximum Gasteiger partial charge on any atom is 0.226 e. The van der Waals surface area contributed by atoms with Crippen molar-refractivity contribution in [3.8, 4) is 0 Å². The van der Waals surface area contributed by atoms with Crippen LogP contribution in [0, 0.1) is 12.8 Å². The summed E-state index contributed by atoms with van der Waals surface area (Å²) in [6, 6.07) is 5.65. The predicted molar refractivity (Wildman–Crippen MR) is 109 cm³/mol. The van der Waals surface area contributed by atoms with Crippen LogP contribution in [-0.2, 0) is 19.6 Å². The largest absolute Gasteiger partial charge is 0.355 e. The van der Waals surface area contributed by atoms with Gasteiger partial charge in [-0.1, -0.05) is 22.0 Å². The molecule has 1 aliphatic rings. The molecule has 0 spiro atoms. The molecule has 1 aromatic carbocycles. The number of carbonyl (C=O) groups excluding carboxylic acids is 2. The van der Waals surface area contributed by atoms with Gasteiger partial charge in [0.05, 0.1) is 5.75 Å². The van der Waals surface area contributed by atoms with Gasteiger partial charge in [-0.05, 0) is 44.4 Å². The molecule has 1 heterocycles. The summed E-state index contributed by atoms with van der Waals surface area (Å²) in [5, 5.41) is 5.63. The van der Waals surface area contributed by atoms with E-state index in [0.717, 1.165) is 15.7 Å². The zero-order valence-corrected chi connectivity index (χ0v) is 18.0. The van der Waals surface area contributed by atoms with Crippen LogP contribution in [0.2, 0.25) is 0 Å². The molecule has 0 aliphatic carbocycles. The molecule has 9 heteroatoms. The molecule has 0 bridgehead atoms. The van der Waals surface area contributed by atoms with Crippen molar-refractivity contribution in [1.82, 2.24) is 9.62 Å². The molecule has 150 valence electrons. The Morgan fingerprint density at radius 2 is 1.93 bits per heavy atom. The van der Waals surface area contributed by atoms with Gasteiger partial charge < -0.3 is 10.6 Å². The van der Waals surface area contributed by atoms with E-state index < -0.39 is 10.0 Å². The van der Waals surface area contributed by atoms with Crippen LogP contribution >= 0.6 is 15.9 Å². The number of nitrogens with one attached hydrogen (secondary N) is 2. The van der Waals surface area contributed by atoms with E-state index in [1.807, 2.05) is 25.1 Å². The van der Waals surface area contributed by atoms with Crippen LogP contribution in [0.1, 0.15) is 31.7 Å². The summed E-state index contributed by atoms with van der Waals surface area (Å²) >= 11 is 3.37. The first-order valence-electron chi connectivity index (χ1n) is 9.04. The number of anilines is 1. The van der Waals surface area contributed by atoms with E-state index in [2.05, 4.69) is 26.6 Å². The Balaban J connectivity index is 1.73. The molecular formula is C18H26BrN3O4S. The quantitative estimate of drug-likeness (QED) is 0.653. The maximum absolute atomic E-state index is 12.2. The van der Waals surface area contributed by atoms with Crippen molar-refractivity contribution in [2.24, 2.45) is 5.92 Å². The standard InChI is InChI=1S/C18H26BrN3O4S/c1-3-27(25,26)22-10-7-14(8-11-22)18(24)20-9-6-17(23)21-16-12-15(19)5-4-13(16)2/h4-5,12,14H,3,6-11H2,1-2H3,(H,20,24)(H,21,23). The summed E-state index contributed by atoms with van der Waals surface area (Å²) in [5.74, 6) is -0.407. The minimum Gasteiger partial charge on any atom is -0.355 e. The van der Waals surface area contributed by atoms with Gasteiger partial charge in [-0.3, -0.25) is 9.59 Å². The molecule has 0 atom stereocenters. The molecule has 1 aliphatic heterocycles. The van der Waals surface area contributed by atoms with Crippen molar-refractivity contribution < 1.29 is 18.0 Å². The van der Waals surface area contributed by atoms with Crippen LogP contribution in [0.5, 0.6) is 0 Å². The van der Waals surface area contributed by atoms with Gasteiger partial charge in [0.1, 0.15) is 0 Å². The van der Waals surface area contributed by atoms with Crippen LogP contribution in [0.25, 0.3) is 0 Å². The highest BCUT2D eigenvalue weighted by atomic mass is 79.9. The van der Waals surface area contributed by atoms with E-state index in [9.17, 15) is 18.0 Å². The topological polar surface area (TPSA) is 95.6 Å². The highest BCUT2D eigenvalue weighted by Crippen LogP contribution is 2.21. The summed E-state index contributed by atoms with van der Waals surface area (Å²) in [6.45, 7) is 4.53. The highest BCUT2D eigenvalue weighted by molar-refractivity contribution is 9.10. The second-order valence-electron chi connectivity index (χ2n) is 6.62.